The summed E-state index contributed by atoms with van der Waals surface area (Å²) in [5, 5.41) is 2.68. The van der Waals surface area contributed by atoms with Crippen LogP contribution in [-0.2, 0) is 4.79 Å². The molecule has 11 heavy (non-hydrogen) atoms. The van der Waals surface area contributed by atoms with Gasteiger partial charge in [-0.2, -0.15) is 12.8 Å². The van der Waals surface area contributed by atoms with Gasteiger partial charge in [-0.1, -0.05) is 6.42 Å². The van der Waals surface area contributed by atoms with Gasteiger partial charge in [-0.15, -0.1) is 0 Å². The quantitative estimate of drug-likeness (QED) is 0.371. The number of carbonyl (C=O) groups excluding carboxylic acids is 1. The number of nitrogens with one attached hydrogen (secondary N) is 1. The van der Waals surface area contributed by atoms with Crippen LogP contribution in [0.4, 0.5) is 0 Å². The molecule has 0 aromatic rings. The van der Waals surface area contributed by atoms with Gasteiger partial charge in [0.2, 0.25) is 5.91 Å². The normalized spacial score (nSPS) is 23.5. The third-order valence-corrected chi connectivity index (χ3v) is 2.03. The first-order valence-electron chi connectivity index (χ1n) is 3.88. The van der Waals surface area contributed by atoms with E-state index in [0.717, 1.165) is 12.8 Å². The molecule has 1 amide bonds. The van der Waals surface area contributed by atoms with Crippen molar-refractivity contribution in [1.29, 1.82) is 0 Å². The maximum Gasteiger partial charge on any atom is 1.00 e. The van der Waals surface area contributed by atoms with Crippen molar-refractivity contribution in [3.8, 4) is 0 Å². The zero-order valence-corrected chi connectivity index (χ0v) is 10.5. The van der Waals surface area contributed by atoms with Crippen molar-refractivity contribution < 1.29 is 56.2 Å². The van der Waals surface area contributed by atoms with E-state index in [4.69, 9.17) is 0 Å². The molecule has 1 N–H and O–H groups in total. The molecular formula is C8H14KNO. The van der Waals surface area contributed by atoms with Crippen LogP contribution in [0.5, 0.6) is 0 Å². The summed E-state index contributed by atoms with van der Waals surface area (Å²) in [6.45, 7) is 0. The van der Waals surface area contributed by atoms with Crippen LogP contribution in [0.1, 0.15) is 25.7 Å². The predicted molar refractivity (Wildman–Crippen MR) is 40.3 cm³/mol. The van der Waals surface area contributed by atoms with E-state index in [9.17, 15) is 4.79 Å². The second-order valence-corrected chi connectivity index (χ2v) is 2.77. The molecule has 1 saturated carbocycles. The smallest absolute Gasteiger partial charge is 0.359 e. The van der Waals surface area contributed by atoms with Crippen LogP contribution in [0.25, 0.3) is 0 Å². The van der Waals surface area contributed by atoms with E-state index in [-0.39, 0.29) is 63.2 Å². The van der Waals surface area contributed by atoms with E-state index in [1.54, 1.807) is 7.05 Å². The van der Waals surface area contributed by atoms with Gasteiger partial charge in [0.15, 0.2) is 0 Å². The summed E-state index contributed by atoms with van der Waals surface area (Å²) in [5.74, 6) is 0.467. The van der Waals surface area contributed by atoms with Gasteiger partial charge < -0.3 is 11.7 Å². The van der Waals surface area contributed by atoms with Gasteiger partial charge in [0.05, 0.1) is 0 Å². The van der Waals surface area contributed by atoms with Gasteiger partial charge in [0.1, 0.15) is 0 Å². The summed E-state index contributed by atoms with van der Waals surface area (Å²) < 4.78 is 0. The van der Waals surface area contributed by atoms with Gasteiger partial charge in [-0.05, 0) is 6.42 Å². The van der Waals surface area contributed by atoms with Gasteiger partial charge >= 0.3 is 51.4 Å². The minimum absolute atomic E-state index is 0. The van der Waals surface area contributed by atoms with Crippen molar-refractivity contribution >= 4 is 5.91 Å². The van der Waals surface area contributed by atoms with Gasteiger partial charge in [0.25, 0.3) is 0 Å². The van der Waals surface area contributed by atoms with Gasteiger partial charge in [-0.3, -0.25) is 4.79 Å². The fourth-order valence-corrected chi connectivity index (χ4v) is 1.39. The largest absolute Gasteiger partial charge is 1.00 e. The standard InChI is InChI=1S/C8H14NO.K/c1-9-8(10)7-5-3-2-4-6-7;/h3,7H,2,4-6H2,1H3,(H,9,10);/q-1;+1. The molecule has 2 nitrogen and oxygen atoms in total. The summed E-state index contributed by atoms with van der Waals surface area (Å²) in [7, 11) is 1.71. The van der Waals surface area contributed by atoms with Crippen LogP contribution >= 0.6 is 0 Å². The van der Waals surface area contributed by atoms with Crippen LogP contribution in [-0.4, -0.2) is 13.0 Å². The molecular weight excluding hydrogens is 165 g/mol. The molecule has 0 aromatic carbocycles. The minimum atomic E-state index is 0. The summed E-state index contributed by atoms with van der Waals surface area (Å²) in [4.78, 5) is 11.0. The molecule has 1 aliphatic carbocycles. The topological polar surface area (TPSA) is 29.1 Å². The average Bonchev–Trinajstić information content (AvgIpc) is 2.05. The zero-order chi connectivity index (χ0) is 7.40. The molecule has 0 aromatic heterocycles. The van der Waals surface area contributed by atoms with E-state index >= 15 is 0 Å². The summed E-state index contributed by atoms with van der Waals surface area (Å²) in [6.07, 6.45) is 6.62. The number of rotatable bonds is 1. The first-order chi connectivity index (χ1) is 4.84. The van der Waals surface area contributed by atoms with Gasteiger partial charge in [0, 0.05) is 13.0 Å². The fraction of sp³-hybridized carbons (Fsp3) is 0.750. The average molecular weight is 179 g/mol. The van der Waals surface area contributed by atoms with E-state index in [2.05, 4.69) is 11.7 Å². The maximum atomic E-state index is 11.0. The Morgan fingerprint density at radius 2 is 2.36 bits per heavy atom. The second-order valence-electron chi connectivity index (χ2n) is 2.77. The minimum Gasteiger partial charge on any atom is -0.359 e. The molecule has 3 heteroatoms. The predicted octanol–water partition coefficient (Wildman–Crippen LogP) is -1.87. The van der Waals surface area contributed by atoms with E-state index in [0.29, 0.717) is 0 Å². The summed E-state index contributed by atoms with van der Waals surface area (Å²) in [5.41, 5.74) is 0. The Morgan fingerprint density at radius 3 is 2.82 bits per heavy atom. The molecule has 1 fully saturated rings. The molecule has 0 radical (unpaired) electrons. The van der Waals surface area contributed by atoms with Crippen molar-refractivity contribution in [2.24, 2.45) is 5.92 Å². The second kappa shape index (κ2) is 6.60. The molecule has 1 unspecified atom stereocenters. The SMILES string of the molecule is CNC(=O)C1C[CH-]CCC1.[K+]. The Bertz CT molecular complexity index is 121. The first-order valence-corrected chi connectivity index (χ1v) is 3.88. The molecule has 0 saturated heterocycles. The molecule has 0 heterocycles. The molecule has 1 rings (SSSR count). The van der Waals surface area contributed by atoms with Crippen molar-refractivity contribution in [1.82, 2.24) is 5.32 Å². The molecule has 0 bridgehead atoms. The van der Waals surface area contributed by atoms with E-state index < -0.39 is 0 Å². The van der Waals surface area contributed by atoms with Crippen LogP contribution in [0, 0.1) is 12.3 Å². The summed E-state index contributed by atoms with van der Waals surface area (Å²) in [6, 6.07) is 0. The van der Waals surface area contributed by atoms with Crippen LogP contribution in [0.2, 0.25) is 0 Å². The van der Waals surface area contributed by atoms with Crippen LogP contribution < -0.4 is 56.7 Å². The van der Waals surface area contributed by atoms with Crippen molar-refractivity contribution in [2.75, 3.05) is 7.05 Å². The van der Waals surface area contributed by atoms with Crippen molar-refractivity contribution in [3.63, 3.8) is 0 Å². The Balaban J connectivity index is 0.000001000. The number of amides is 1. The van der Waals surface area contributed by atoms with Crippen LogP contribution in [0.3, 0.4) is 0 Å². The Hall–Kier alpha value is 1.11. The third-order valence-electron chi connectivity index (χ3n) is 2.03. The van der Waals surface area contributed by atoms with Crippen molar-refractivity contribution in [2.45, 2.75) is 25.7 Å². The number of carbonyl (C=O) groups is 1. The maximum absolute atomic E-state index is 11.0. The summed E-state index contributed by atoms with van der Waals surface area (Å²) >= 11 is 0. The molecule has 0 spiro atoms. The van der Waals surface area contributed by atoms with E-state index in [1.807, 2.05) is 0 Å². The number of hydrogen-bond donors (Lipinski definition) is 1. The van der Waals surface area contributed by atoms with E-state index in [1.165, 1.54) is 12.8 Å². The molecule has 1 atom stereocenters. The monoisotopic (exact) mass is 179 g/mol. The zero-order valence-electron chi connectivity index (χ0n) is 7.39. The first kappa shape index (κ1) is 12.1. The van der Waals surface area contributed by atoms with Crippen molar-refractivity contribution in [3.05, 3.63) is 6.42 Å². The number of hydrogen-bond acceptors (Lipinski definition) is 1. The Morgan fingerprint density at radius 1 is 1.64 bits per heavy atom. The molecule has 1 aliphatic rings. The van der Waals surface area contributed by atoms with Gasteiger partial charge in [-0.25, -0.2) is 0 Å². The Labute approximate surface area is 111 Å². The third kappa shape index (κ3) is 4.04. The molecule has 58 valence electrons. The Kier molecular flexibility index (Phi) is 7.27. The fourth-order valence-electron chi connectivity index (χ4n) is 1.39. The van der Waals surface area contributed by atoms with Crippen LogP contribution in [0.15, 0.2) is 0 Å². The molecule has 0 aliphatic heterocycles.